The average Bonchev–Trinajstić information content (AvgIpc) is 2.71. The Hall–Kier alpha value is -1.71. The summed E-state index contributed by atoms with van der Waals surface area (Å²) in [6, 6.07) is 3.79. The minimum Gasteiger partial charge on any atom is -0.469 e. The van der Waals surface area contributed by atoms with Crippen LogP contribution in [0.3, 0.4) is 0 Å². The Kier molecular flexibility index (Phi) is 1.81. The lowest BCUT2D eigenvalue weighted by Gasteiger charge is -1.97. The van der Waals surface area contributed by atoms with Crippen molar-refractivity contribution in [2.45, 2.75) is 6.42 Å². The van der Waals surface area contributed by atoms with E-state index in [0.29, 0.717) is 12.2 Å². The summed E-state index contributed by atoms with van der Waals surface area (Å²) in [5, 5.41) is 4.05. The lowest BCUT2D eigenvalue weighted by molar-refractivity contribution is 0.521. The van der Waals surface area contributed by atoms with Crippen LogP contribution in [0.2, 0.25) is 0 Å². The molecule has 68 valence electrons. The number of aryl methyl sites for hydroxylation is 1. The molecule has 0 bridgehead atoms. The van der Waals surface area contributed by atoms with Crippen LogP contribution < -0.4 is 5.73 Å². The summed E-state index contributed by atoms with van der Waals surface area (Å²) in [5.74, 6) is 1.59. The van der Waals surface area contributed by atoms with E-state index in [4.69, 9.17) is 10.2 Å². The van der Waals surface area contributed by atoms with Gasteiger partial charge in [-0.25, -0.2) is 0 Å². The van der Waals surface area contributed by atoms with Gasteiger partial charge in [0.25, 0.3) is 0 Å². The van der Waals surface area contributed by atoms with Crippen LogP contribution in [0.15, 0.2) is 29.0 Å². The molecule has 2 N–H and O–H groups in total. The number of furan rings is 1. The molecule has 2 heterocycles. The van der Waals surface area contributed by atoms with E-state index in [9.17, 15) is 0 Å². The van der Waals surface area contributed by atoms with Crippen LogP contribution in [-0.2, 0) is 13.5 Å². The molecule has 0 aromatic carbocycles. The van der Waals surface area contributed by atoms with Gasteiger partial charge in [-0.15, -0.1) is 0 Å². The molecule has 0 radical (unpaired) electrons. The highest BCUT2D eigenvalue weighted by Crippen LogP contribution is 2.14. The van der Waals surface area contributed by atoms with Crippen molar-refractivity contribution in [2.24, 2.45) is 7.05 Å². The van der Waals surface area contributed by atoms with Gasteiger partial charge in [0, 0.05) is 19.0 Å². The minimum atomic E-state index is 0.691. The number of nitrogen functional groups attached to an aromatic ring is 1. The average molecular weight is 177 g/mol. The number of hydrogen-bond donors (Lipinski definition) is 1. The van der Waals surface area contributed by atoms with Crippen molar-refractivity contribution in [1.82, 2.24) is 9.78 Å². The Morgan fingerprint density at radius 2 is 2.46 bits per heavy atom. The number of rotatable bonds is 2. The van der Waals surface area contributed by atoms with E-state index >= 15 is 0 Å². The summed E-state index contributed by atoms with van der Waals surface area (Å²) in [6.45, 7) is 0. The molecular formula is C9H11N3O. The highest BCUT2D eigenvalue weighted by Gasteiger charge is 2.06. The molecule has 4 nitrogen and oxygen atoms in total. The fourth-order valence-electron chi connectivity index (χ4n) is 1.23. The van der Waals surface area contributed by atoms with Crippen LogP contribution in [0.5, 0.6) is 0 Å². The zero-order chi connectivity index (χ0) is 9.26. The summed E-state index contributed by atoms with van der Waals surface area (Å²) >= 11 is 0. The van der Waals surface area contributed by atoms with E-state index in [-0.39, 0.29) is 0 Å². The summed E-state index contributed by atoms with van der Waals surface area (Å²) in [5.41, 5.74) is 6.78. The molecule has 0 unspecified atom stereocenters. The minimum absolute atomic E-state index is 0.691. The zero-order valence-corrected chi connectivity index (χ0v) is 7.40. The molecule has 0 saturated carbocycles. The van der Waals surface area contributed by atoms with Crippen molar-refractivity contribution in [2.75, 3.05) is 5.73 Å². The third kappa shape index (κ3) is 1.42. The first-order valence-electron chi connectivity index (χ1n) is 4.06. The van der Waals surface area contributed by atoms with Crippen LogP contribution >= 0.6 is 0 Å². The van der Waals surface area contributed by atoms with E-state index in [1.54, 1.807) is 17.1 Å². The highest BCUT2D eigenvalue weighted by molar-refractivity contribution is 5.40. The van der Waals surface area contributed by atoms with Crippen molar-refractivity contribution in [3.8, 4) is 0 Å². The van der Waals surface area contributed by atoms with E-state index in [1.807, 2.05) is 19.2 Å². The van der Waals surface area contributed by atoms with Gasteiger partial charge in [-0.2, -0.15) is 5.10 Å². The summed E-state index contributed by atoms with van der Waals surface area (Å²) in [4.78, 5) is 0. The Labute approximate surface area is 76.0 Å². The van der Waals surface area contributed by atoms with Gasteiger partial charge in [-0.1, -0.05) is 0 Å². The molecule has 0 aliphatic carbocycles. The fourth-order valence-corrected chi connectivity index (χ4v) is 1.23. The zero-order valence-electron chi connectivity index (χ0n) is 7.40. The smallest absolute Gasteiger partial charge is 0.124 e. The topological polar surface area (TPSA) is 57.0 Å². The van der Waals surface area contributed by atoms with Gasteiger partial charge in [-0.3, -0.25) is 4.68 Å². The second-order valence-electron chi connectivity index (χ2n) is 2.93. The van der Waals surface area contributed by atoms with Crippen LogP contribution in [0.1, 0.15) is 11.3 Å². The molecular weight excluding hydrogens is 166 g/mol. The van der Waals surface area contributed by atoms with Crippen molar-refractivity contribution in [3.05, 3.63) is 35.9 Å². The molecule has 0 fully saturated rings. The maximum absolute atomic E-state index is 5.78. The van der Waals surface area contributed by atoms with Crippen LogP contribution in [0.4, 0.5) is 5.82 Å². The van der Waals surface area contributed by atoms with Crippen LogP contribution in [0.25, 0.3) is 0 Å². The van der Waals surface area contributed by atoms with E-state index < -0.39 is 0 Å². The standard InChI is InChI=1S/C9H11N3O/c1-12-9(10)7(6-11-12)5-8-3-2-4-13-8/h2-4,6H,5,10H2,1H3. The third-order valence-electron chi connectivity index (χ3n) is 2.01. The number of nitrogens with two attached hydrogens (primary N) is 1. The first-order chi connectivity index (χ1) is 6.27. The third-order valence-corrected chi connectivity index (χ3v) is 2.01. The first kappa shape index (κ1) is 7.91. The van der Waals surface area contributed by atoms with Gasteiger partial charge in [-0.05, 0) is 12.1 Å². The predicted molar refractivity (Wildman–Crippen MR) is 49.1 cm³/mol. The quantitative estimate of drug-likeness (QED) is 0.749. The first-order valence-corrected chi connectivity index (χ1v) is 4.06. The molecule has 0 saturated heterocycles. The van der Waals surface area contributed by atoms with Gasteiger partial charge >= 0.3 is 0 Å². The molecule has 13 heavy (non-hydrogen) atoms. The summed E-state index contributed by atoms with van der Waals surface area (Å²) in [7, 11) is 1.82. The Balaban J connectivity index is 2.24. The maximum atomic E-state index is 5.78. The summed E-state index contributed by atoms with van der Waals surface area (Å²) < 4.78 is 6.86. The highest BCUT2D eigenvalue weighted by atomic mass is 16.3. The molecule has 4 heteroatoms. The van der Waals surface area contributed by atoms with Crippen LogP contribution in [0, 0.1) is 0 Å². The van der Waals surface area contributed by atoms with Gasteiger partial charge in [0.2, 0.25) is 0 Å². The van der Waals surface area contributed by atoms with E-state index in [2.05, 4.69) is 5.10 Å². The van der Waals surface area contributed by atoms with Gasteiger partial charge in [0.05, 0.1) is 12.5 Å². The number of nitrogens with zero attached hydrogens (tertiary/aromatic N) is 2. The molecule has 2 aromatic heterocycles. The van der Waals surface area contributed by atoms with Crippen molar-refractivity contribution < 1.29 is 4.42 Å². The Morgan fingerprint density at radius 3 is 3.00 bits per heavy atom. The Bertz CT molecular complexity index is 389. The number of aromatic nitrogens is 2. The number of hydrogen-bond acceptors (Lipinski definition) is 3. The maximum Gasteiger partial charge on any atom is 0.124 e. The van der Waals surface area contributed by atoms with Gasteiger partial charge in [0.15, 0.2) is 0 Å². The second-order valence-corrected chi connectivity index (χ2v) is 2.93. The molecule has 0 aliphatic heterocycles. The normalized spacial score (nSPS) is 10.5. The largest absolute Gasteiger partial charge is 0.469 e. The monoisotopic (exact) mass is 177 g/mol. The summed E-state index contributed by atoms with van der Waals surface area (Å²) in [6.07, 6.45) is 4.12. The predicted octanol–water partition coefficient (Wildman–Crippen LogP) is 1.19. The van der Waals surface area contributed by atoms with Crippen molar-refractivity contribution in [3.63, 3.8) is 0 Å². The van der Waals surface area contributed by atoms with E-state index in [0.717, 1.165) is 11.3 Å². The Morgan fingerprint density at radius 1 is 1.62 bits per heavy atom. The molecule has 2 rings (SSSR count). The number of anilines is 1. The lowest BCUT2D eigenvalue weighted by atomic mass is 10.2. The van der Waals surface area contributed by atoms with Gasteiger partial charge in [0.1, 0.15) is 11.6 Å². The van der Waals surface area contributed by atoms with E-state index in [1.165, 1.54) is 0 Å². The lowest BCUT2D eigenvalue weighted by Crippen LogP contribution is -1.99. The molecule has 0 atom stereocenters. The fraction of sp³-hybridized carbons (Fsp3) is 0.222. The molecule has 0 aliphatic rings. The van der Waals surface area contributed by atoms with Gasteiger partial charge < -0.3 is 10.2 Å². The SMILES string of the molecule is Cn1ncc(Cc2ccco2)c1N. The van der Waals surface area contributed by atoms with Crippen LogP contribution in [-0.4, -0.2) is 9.78 Å². The van der Waals surface area contributed by atoms with Crippen molar-refractivity contribution in [1.29, 1.82) is 0 Å². The molecule has 0 amide bonds. The molecule has 0 spiro atoms. The molecule has 2 aromatic rings. The van der Waals surface area contributed by atoms with Crippen molar-refractivity contribution >= 4 is 5.82 Å². The second kappa shape index (κ2) is 2.97.